The van der Waals surface area contributed by atoms with Crippen molar-refractivity contribution in [2.24, 2.45) is 0 Å². The summed E-state index contributed by atoms with van der Waals surface area (Å²) in [6.07, 6.45) is 0. The quantitative estimate of drug-likeness (QED) is 0.880. The van der Waals surface area contributed by atoms with Gasteiger partial charge in [-0.2, -0.15) is 0 Å². The standard InChI is InChI=1S/C17H18ClNO4/c1-21-14-7-11(8-15(22-2)16(14)23-3)10-19-17(20)12-5-4-6-13(18)9-12/h4-9H,10H2,1-3H3,(H,19,20). The maximum absolute atomic E-state index is 12.1. The van der Waals surface area contributed by atoms with Crippen molar-refractivity contribution in [3.05, 3.63) is 52.5 Å². The van der Waals surface area contributed by atoms with Crippen LogP contribution in [0.25, 0.3) is 0 Å². The number of nitrogens with one attached hydrogen (secondary N) is 1. The summed E-state index contributed by atoms with van der Waals surface area (Å²) in [7, 11) is 4.64. The van der Waals surface area contributed by atoms with Crippen molar-refractivity contribution < 1.29 is 19.0 Å². The summed E-state index contributed by atoms with van der Waals surface area (Å²) < 4.78 is 15.9. The maximum Gasteiger partial charge on any atom is 0.251 e. The van der Waals surface area contributed by atoms with Crippen LogP contribution in [0, 0.1) is 0 Å². The molecule has 0 radical (unpaired) electrons. The summed E-state index contributed by atoms with van der Waals surface area (Å²) in [6.45, 7) is 0.321. The molecule has 1 N–H and O–H groups in total. The maximum atomic E-state index is 12.1. The van der Waals surface area contributed by atoms with Gasteiger partial charge in [0.1, 0.15) is 0 Å². The zero-order valence-electron chi connectivity index (χ0n) is 13.2. The van der Waals surface area contributed by atoms with Crippen molar-refractivity contribution in [2.45, 2.75) is 6.54 Å². The SMILES string of the molecule is COc1cc(CNC(=O)c2cccc(Cl)c2)cc(OC)c1OC. The average Bonchev–Trinajstić information content (AvgIpc) is 2.58. The summed E-state index contributed by atoms with van der Waals surface area (Å²) in [5, 5.41) is 3.35. The Morgan fingerprint density at radius 2 is 1.70 bits per heavy atom. The van der Waals surface area contributed by atoms with Crippen LogP contribution in [0.5, 0.6) is 17.2 Å². The zero-order valence-corrected chi connectivity index (χ0v) is 13.9. The van der Waals surface area contributed by atoms with Crippen LogP contribution in [-0.2, 0) is 6.54 Å². The van der Waals surface area contributed by atoms with Crippen molar-refractivity contribution >= 4 is 17.5 Å². The molecular formula is C17H18ClNO4. The van der Waals surface area contributed by atoms with E-state index in [-0.39, 0.29) is 5.91 Å². The number of carbonyl (C=O) groups excluding carboxylic acids is 1. The fourth-order valence-electron chi connectivity index (χ4n) is 2.15. The monoisotopic (exact) mass is 335 g/mol. The molecule has 0 aromatic heterocycles. The van der Waals surface area contributed by atoms with Gasteiger partial charge in [0.05, 0.1) is 21.3 Å². The molecule has 122 valence electrons. The third-order valence-corrected chi connectivity index (χ3v) is 3.50. The normalized spacial score (nSPS) is 10.1. The fraction of sp³-hybridized carbons (Fsp3) is 0.235. The Morgan fingerprint density at radius 3 is 2.22 bits per heavy atom. The van der Waals surface area contributed by atoms with E-state index in [1.165, 1.54) is 0 Å². The molecule has 0 spiro atoms. The molecule has 0 aliphatic heterocycles. The van der Waals surface area contributed by atoms with E-state index in [1.54, 1.807) is 57.7 Å². The van der Waals surface area contributed by atoms with Gasteiger partial charge in [-0.1, -0.05) is 17.7 Å². The Morgan fingerprint density at radius 1 is 1.04 bits per heavy atom. The van der Waals surface area contributed by atoms with E-state index in [4.69, 9.17) is 25.8 Å². The average molecular weight is 336 g/mol. The second-order valence-corrected chi connectivity index (χ2v) is 5.16. The van der Waals surface area contributed by atoms with Gasteiger partial charge in [0.2, 0.25) is 5.75 Å². The first-order valence-electron chi connectivity index (χ1n) is 6.91. The van der Waals surface area contributed by atoms with Crippen LogP contribution in [-0.4, -0.2) is 27.2 Å². The van der Waals surface area contributed by atoms with Crippen molar-refractivity contribution in [3.8, 4) is 17.2 Å². The smallest absolute Gasteiger partial charge is 0.251 e. The van der Waals surface area contributed by atoms with E-state index in [9.17, 15) is 4.79 Å². The van der Waals surface area contributed by atoms with E-state index in [2.05, 4.69) is 5.32 Å². The summed E-state index contributed by atoms with van der Waals surface area (Å²) in [6, 6.07) is 10.4. The van der Waals surface area contributed by atoms with E-state index >= 15 is 0 Å². The van der Waals surface area contributed by atoms with Gasteiger partial charge in [-0.25, -0.2) is 0 Å². The lowest BCUT2D eigenvalue weighted by Gasteiger charge is -2.14. The molecule has 0 fully saturated rings. The Labute approximate surface area is 140 Å². The molecule has 0 unspecified atom stereocenters. The van der Waals surface area contributed by atoms with E-state index < -0.39 is 0 Å². The van der Waals surface area contributed by atoms with Gasteiger partial charge >= 0.3 is 0 Å². The number of hydrogen-bond donors (Lipinski definition) is 1. The molecule has 0 atom stereocenters. The molecule has 0 aliphatic rings. The van der Waals surface area contributed by atoms with Crippen molar-refractivity contribution in [1.82, 2.24) is 5.32 Å². The van der Waals surface area contributed by atoms with Gasteiger partial charge in [-0.15, -0.1) is 0 Å². The molecule has 0 bridgehead atoms. The number of benzene rings is 2. The van der Waals surface area contributed by atoms with E-state index in [1.807, 2.05) is 0 Å². The molecule has 2 rings (SSSR count). The van der Waals surface area contributed by atoms with Crippen LogP contribution in [0.15, 0.2) is 36.4 Å². The zero-order chi connectivity index (χ0) is 16.8. The lowest BCUT2D eigenvalue weighted by atomic mass is 10.1. The van der Waals surface area contributed by atoms with Gasteiger partial charge in [-0.3, -0.25) is 4.79 Å². The van der Waals surface area contributed by atoms with Gasteiger partial charge in [0.15, 0.2) is 11.5 Å². The number of hydrogen-bond acceptors (Lipinski definition) is 4. The molecule has 0 saturated carbocycles. The minimum Gasteiger partial charge on any atom is -0.493 e. The number of amides is 1. The van der Waals surface area contributed by atoms with Crippen LogP contribution in [0.4, 0.5) is 0 Å². The largest absolute Gasteiger partial charge is 0.493 e. The van der Waals surface area contributed by atoms with Crippen LogP contribution in [0.2, 0.25) is 5.02 Å². The van der Waals surface area contributed by atoms with Gasteiger partial charge < -0.3 is 19.5 Å². The summed E-state index contributed by atoms with van der Waals surface area (Å²) in [5.41, 5.74) is 1.33. The van der Waals surface area contributed by atoms with Crippen LogP contribution < -0.4 is 19.5 Å². The first-order chi connectivity index (χ1) is 11.1. The molecular weight excluding hydrogens is 318 g/mol. The second-order valence-electron chi connectivity index (χ2n) is 4.73. The number of ether oxygens (including phenoxy) is 3. The third kappa shape index (κ3) is 4.07. The van der Waals surface area contributed by atoms with Crippen molar-refractivity contribution in [1.29, 1.82) is 0 Å². The van der Waals surface area contributed by atoms with Gasteiger partial charge in [0.25, 0.3) is 5.91 Å². The summed E-state index contributed by atoms with van der Waals surface area (Å²) >= 11 is 5.89. The molecule has 6 heteroatoms. The lowest BCUT2D eigenvalue weighted by Crippen LogP contribution is -2.22. The van der Waals surface area contributed by atoms with E-state index in [0.29, 0.717) is 34.4 Å². The molecule has 1 amide bonds. The first-order valence-corrected chi connectivity index (χ1v) is 7.29. The summed E-state index contributed by atoms with van der Waals surface area (Å²) in [5.74, 6) is 1.39. The summed E-state index contributed by atoms with van der Waals surface area (Å²) in [4.78, 5) is 12.1. The molecule has 5 nitrogen and oxygen atoms in total. The Hall–Kier alpha value is -2.40. The topological polar surface area (TPSA) is 56.8 Å². The predicted molar refractivity (Wildman–Crippen MR) is 88.7 cm³/mol. The van der Waals surface area contributed by atoms with Crippen LogP contribution >= 0.6 is 11.6 Å². The van der Waals surface area contributed by atoms with E-state index in [0.717, 1.165) is 5.56 Å². The minimum absolute atomic E-state index is 0.207. The highest BCUT2D eigenvalue weighted by atomic mass is 35.5. The highest BCUT2D eigenvalue weighted by molar-refractivity contribution is 6.30. The Kier molecular flexibility index (Phi) is 5.71. The van der Waals surface area contributed by atoms with Gasteiger partial charge in [0, 0.05) is 17.1 Å². The van der Waals surface area contributed by atoms with Crippen LogP contribution in [0.3, 0.4) is 0 Å². The minimum atomic E-state index is -0.207. The fourth-order valence-corrected chi connectivity index (χ4v) is 2.34. The van der Waals surface area contributed by atoms with Crippen molar-refractivity contribution in [3.63, 3.8) is 0 Å². The Bertz CT molecular complexity index is 678. The van der Waals surface area contributed by atoms with Gasteiger partial charge in [-0.05, 0) is 35.9 Å². The number of methoxy groups -OCH3 is 3. The molecule has 2 aromatic rings. The third-order valence-electron chi connectivity index (χ3n) is 3.26. The Balaban J connectivity index is 2.15. The molecule has 23 heavy (non-hydrogen) atoms. The van der Waals surface area contributed by atoms with Crippen molar-refractivity contribution in [2.75, 3.05) is 21.3 Å². The molecule has 0 saturated heterocycles. The number of halogens is 1. The first kappa shape index (κ1) is 17.0. The second kappa shape index (κ2) is 7.74. The van der Waals surface area contributed by atoms with Crippen LogP contribution in [0.1, 0.15) is 15.9 Å². The number of rotatable bonds is 6. The molecule has 2 aromatic carbocycles. The predicted octanol–water partition coefficient (Wildman–Crippen LogP) is 3.30. The lowest BCUT2D eigenvalue weighted by molar-refractivity contribution is 0.0951. The highest BCUT2D eigenvalue weighted by Crippen LogP contribution is 2.38. The highest BCUT2D eigenvalue weighted by Gasteiger charge is 2.14. The molecule has 0 heterocycles. The number of carbonyl (C=O) groups is 1. The molecule has 0 aliphatic carbocycles.